The summed E-state index contributed by atoms with van der Waals surface area (Å²) < 4.78 is 7.34. The van der Waals surface area contributed by atoms with Gasteiger partial charge in [-0.05, 0) is 85.2 Å². The third kappa shape index (κ3) is 2.69. The normalized spacial score (nSPS) is 15.5. The number of fused-ring (bicyclic) bond motifs is 1. The molecule has 0 radical (unpaired) electrons. The van der Waals surface area contributed by atoms with E-state index < -0.39 is 0 Å². The van der Waals surface area contributed by atoms with Gasteiger partial charge in [-0.25, -0.2) is 0 Å². The smallest absolute Gasteiger partial charge is 0.121 e. The quantitative estimate of drug-likeness (QED) is 0.682. The molecule has 0 aliphatic heterocycles. The first-order valence-electron chi connectivity index (χ1n) is 7.77. The fraction of sp³-hybridized carbons (Fsp3) is 0.263. The predicted molar refractivity (Wildman–Crippen MR) is 91.8 cm³/mol. The molecule has 0 saturated heterocycles. The number of benzene rings is 2. The highest BCUT2D eigenvalue weighted by Gasteiger charge is 2.16. The van der Waals surface area contributed by atoms with Crippen molar-refractivity contribution < 1.29 is 9.84 Å². The summed E-state index contributed by atoms with van der Waals surface area (Å²) in [4.78, 5) is 1.22. The van der Waals surface area contributed by atoms with E-state index in [2.05, 4.69) is 24.3 Å². The Morgan fingerprint density at radius 3 is 2.50 bits per heavy atom. The molecular weight excluding hydrogens is 292 g/mol. The minimum atomic E-state index is 0.303. The van der Waals surface area contributed by atoms with Crippen molar-refractivity contribution in [2.75, 3.05) is 0 Å². The summed E-state index contributed by atoms with van der Waals surface area (Å²) in [6.07, 6.45) is 5.34. The molecule has 1 aliphatic rings. The van der Waals surface area contributed by atoms with Crippen LogP contribution in [-0.2, 0) is 0 Å². The van der Waals surface area contributed by atoms with Crippen molar-refractivity contribution in [2.45, 2.75) is 31.8 Å². The molecule has 1 aromatic heterocycles. The Morgan fingerprint density at radius 1 is 0.955 bits per heavy atom. The summed E-state index contributed by atoms with van der Waals surface area (Å²) in [6, 6.07) is 15.9. The largest absolute Gasteiger partial charge is 0.508 e. The van der Waals surface area contributed by atoms with Crippen LogP contribution in [0, 0.1) is 0 Å². The van der Waals surface area contributed by atoms with Crippen LogP contribution in [0.25, 0.3) is 20.5 Å². The average Bonchev–Trinajstić information content (AvgIpc) is 3.17. The third-order valence-electron chi connectivity index (χ3n) is 4.25. The first kappa shape index (κ1) is 13.6. The van der Waals surface area contributed by atoms with Gasteiger partial charge in [-0.15, -0.1) is 11.3 Å². The number of phenols is 1. The summed E-state index contributed by atoms with van der Waals surface area (Å²) in [5.74, 6) is 1.29. The number of phenolic OH excluding ortho intramolecular Hbond substituents is 1. The minimum Gasteiger partial charge on any atom is -0.508 e. The van der Waals surface area contributed by atoms with Crippen LogP contribution < -0.4 is 4.74 Å². The second-order valence-corrected chi connectivity index (χ2v) is 6.97. The van der Waals surface area contributed by atoms with Gasteiger partial charge in [0.25, 0.3) is 0 Å². The van der Waals surface area contributed by atoms with Crippen LogP contribution in [0.4, 0.5) is 0 Å². The molecule has 1 N–H and O–H groups in total. The van der Waals surface area contributed by atoms with Crippen LogP contribution in [0.2, 0.25) is 0 Å². The van der Waals surface area contributed by atoms with Crippen LogP contribution in [0.5, 0.6) is 11.5 Å². The van der Waals surface area contributed by atoms with E-state index in [1.54, 1.807) is 23.5 Å². The van der Waals surface area contributed by atoms with Gasteiger partial charge in [-0.1, -0.05) is 0 Å². The Bertz CT molecular complexity index is 783. The van der Waals surface area contributed by atoms with E-state index in [9.17, 15) is 5.11 Å². The molecule has 3 aromatic rings. The molecule has 0 bridgehead atoms. The van der Waals surface area contributed by atoms with Crippen molar-refractivity contribution in [3.63, 3.8) is 0 Å². The molecule has 1 fully saturated rings. The zero-order chi connectivity index (χ0) is 14.9. The predicted octanol–water partition coefficient (Wildman–Crippen LogP) is 5.60. The highest BCUT2D eigenvalue weighted by molar-refractivity contribution is 7.22. The Balaban J connectivity index is 1.64. The molecule has 3 heteroatoms. The van der Waals surface area contributed by atoms with E-state index in [1.807, 2.05) is 12.1 Å². The molecule has 4 rings (SSSR count). The Kier molecular flexibility index (Phi) is 3.51. The standard InChI is InChI=1S/C19H18O2S/c20-15-8-5-13(6-9-15)18-11-14-7-10-17(12-19(14)22-18)21-16-3-1-2-4-16/h5-12,16,20H,1-4H2. The van der Waals surface area contributed by atoms with Crippen LogP contribution in [0.1, 0.15) is 25.7 Å². The van der Waals surface area contributed by atoms with Crippen LogP contribution in [0.3, 0.4) is 0 Å². The molecule has 1 saturated carbocycles. The van der Waals surface area contributed by atoms with Crippen LogP contribution >= 0.6 is 11.3 Å². The lowest BCUT2D eigenvalue weighted by Gasteiger charge is -2.12. The fourth-order valence-electron chi connectivity index (χ4n) is 3.05. The summed E-state index contributed by atoms with van der Waals surface area (Å²) in [6.45, 7) is 0. The Hall–Kier alpha value is -2.00. The number of thiophene rings is 1. The van der Waals surface area contributed by atoms with Gasteiger partial charge in [0, 0.05) is 9.58 Å². The topological polar surface area (TPSA) is 29.5 Å². The molecular formula is C19H18O2S. The number of aromatic hydroxyl groups is 1. The van der Waals surface area contributed by atoms with Crippen molar-refractivity contribution in [2.24, 2.45) is 0 Å². The van der Waals surface area contributed by atoms with Gasteiger partial charge in [0.1, 0.15) is 11.5 Å². The van der Waals surface area contributed by atoms with Gasteiger partial charge >= 0.3 is 0 Å². The van der Waals surface area contributed by atoms with E-state index in [-0.39, 0.29) is 0 Å². The first-order chi connectivity index (χ1) is 10.8. The van der Waals surface area contributed by atoms with Gasteiger partial charge < -0.3 is 9.84 Å². The van der Waals surface area contributed by atoms with Gasteiger partial charge in [0.15, 0.2) is 0 Å². The number of ether oxygens (including phenoxy) is 1. The summed E-state index contributed by atoms with van der Waals surface area (Å²) in [5.41, 5.74) is 1.14. The molecule has 0 amide bonds. The Morgan fingerprint density at radius 2 is 1.73 bits per heavy atom. The molecule has 112 valence electrons. The SMILES string of the molecule is Oc1ccc(-c2cc3ccc(OC4CCCC4)cc3s2)cc1. The van der Waals surface area contributed by atoms with E-state index >= 15 is 0 Å². The number of hydrogen-bond acceptors (Lipinski definition) is 3. The average molecular weight is 310 g/mol. The highest BCUT2D eigenvalue weighted by atomic mass is 32.1. The van der Waals surface area contributed by atoms with E-state index in [1.165, 1.54) is 40.6 Å². The molecule has 0 atom stereocenters. The lowest BCUT2D eigenvalue weighted by atomic mass is 10.1. The van der Waals surface area contributed by atoms with Crippen LogP contribution in [0.15, 0.2) is 48.5 Å². The number of hydrogen-bond donors (Lipinski definition) is 1. The molecule has 2 aromatic carbocycles. The van der Waals surface area contributed by atoms with Gasteiger partial charge in [0.05, 0.1) is 6.10 Å². The van der Waals surface area contributed by atoms with E-state index in [4.69, 9.17) is 4.74 Å². The lowest BCUT2D eigenvalue weighted by molar-refractivity contribution is 0.210. The lowest BCUT2D eigenvalue weighted by Crippen LogP contribution is -2.10. The first-order valence-corrected chi connectivity index (χ1v) is 8.59. The maximum atomic E-state index is 9.40. The summed E-state index contributed by atoms with van der Waals surface area (Å²) >= 11 is 1.77. The minimum absolute atomic E-state index is 0.303. The fourth-order valence-corrected chi connectivity index (χ4v) is 4.15. The van der Waals surface area contributed by atoms with E-state index in [0.29, 0.717) is 11.9 Å². The molecule has 22 heavy (non-hydrogen) atoms. The maximum absolute atomic E-state index is 9.40. The van der Waals surface area contributed by atoms with Crippen molar-refractivity contribution in [1.29, 1.82) is 0 Å². The third-order valence-corrected chi connectivity index (χ3v) is 5.40. The maximum Gasteiger partial charge on any atom is 0.121 e. The molecule has 1 heterocycles. The second-order valence-electron chi connectivity index (χ2n) is 5.88. The molecule has 0 unspecified atom stereocenters. The van der Waals surface area contributed by atoms with Crippen molar-refractivity contribution in [3.8, 4) is 21.9 Å². The van der Waals surface area contributed by atoms with Crippen LogP contribution in [-0.4, -0.2) is 11.2 Å². The van der Waals surface area contributed by atoms with Crippen molar-refractivity contribution in [1.82, 2.24) is 0 Å². The zero-order valence-electron chi connectivity index (χ0n) is 12.3. The highest BCUT2D eigenvalue weighted by Crippen LogP contribution is 2.36. The van der Waals surface area contributed by atoms with Gasteiger partial charge in [-0.2, -0.15) is 0 Å². The molecule has 2 nitrogen and oxygen atoms in total. The van der Waals surface area contributed by atoms with Crippen molar-refractivity contribution >= 4 is 21.4 Å². The van der Waals surface area contributed by atoms with E-state index in [0.717, 1.165) is 11.3 Å². The monoisotopic (exact) mass is 310 g/mol. The number of rotatable bonds is 3. The molecule has 0 spiro atoms. The van der Waals surface area contributed by atoms with Gasteiger partial charge in [0.2, 0.25) is 0 Å². The Labute approximate surface area is 134 Å². The van der Waals surface area contributed by atoms with Crippen molar-refractivity contribution in [3.05, 3.63) is 48.5 Å². The zero-order valence-corrected chi connectivity index (χ0v) is 13.1. The second kappa shape index (κ2) is 5.65. The van der Waals surface area contributed by atoms with Gasteiger partial charge in [-0.3, -0.25) is 0 Å². The molecule has 1 aliphatic carbocycles. The summed E-state index contributed by atoms with van der Waals surface area (Å²) in [5, 5.41) is 10.6. The summed E-state index contributed by atoms with van der Waals surface area (Å²) in [7, 11) is 0.